The number of nitrogens with zero attached hydrogens (tertiary/aromatic N) is 3. The first-order chi connectivity index (χ1) is 14.0. The quantitative estimate of drug-likeness (QED) is 0.390. The van der Waals surface area contributed by atoms with Gasteiger partial charge >= 0.3 is 0 Å². The lowest BCUT2D eigenvalue weighted by Crippen LogP contribution is -2.16. The smallest absolute Gasteiger partial charge is 0.254 e. The van der Waals surface area contributed by atoms with Crippen molar-refractivity contribution in [3.63, 3.8) is 0 Å². The average molecular weight is 540 g/mol. The molecule has 186 valence electrons. The van der Waals surface area contributed by atoms with Crippen LogP contribution in [0.4, 0.5) is 0 Å². The Morgan fingerprint density at radius 3 is 2.39 bits per heavy atom. The molecule has 0 aliphatic rings. The van der Waals surface area contributed by atoms with Crippen molar-refractivity contribution in [3.8, 4) is 0 Å². The van der Waals surface area contributed by atoms with Crippen molar-refractivity contribution < 1.29 is 9.89 Å². The SMILES string of the molecule is Cc1ccc(Cc2cnc(CCCSCc3ccc(CN(C)C)o3)[nH]c2=O)cn1.Cl.Cl.Cl.O. The predicted molar refractivity (Wildman–Crippen MR) is 143 cm³/mol. The molecule has 0 saturated carbocycles. The fourth-order valence-corrected chi connectivity index (χ4v) is 3.79. The Balaban J connectivity index is 0. The van der Waals surface area contributed by atoms with Gasteiger partial charge in [0, 0.05) is 36.5 Å². The molecule has 0 unspecified atom stereocenters. The zero-order valence-electron chi connectivity index (χ0n) is 19.0. The minimum absolute atomic E-state index is 0. The largest absolute Gasteiger partial charge is 0.464 e. The lowest BCUT2D eigenvalue weighted by Gasteiger charge is -2.06. The molecule has 0 radical (unpaired) electrons. The van der Waals surface area contributed by atoms with E-state index in [4.69, 9.17) is 4.42 Å². The number of aromatic nitrogens is 3. The van der Waals surface area contributed by atoms with E-state index >= 15 is 0 Å². The van der Waals surface area contributed by atoms with Gasteiger partial charge in [0.05, 0.1) is 12.3 Å². The number of aromatic amines is 1. The maximum absolute atomic E-state index is 12.3. The first kappa shape index (κ1) is 33.6. The Morgan fingerprint density at radius 2 is 1.76 bits per heavy atom. The number of halogens is 3. The van der Waals surface area contributed by atoms with Crippen LogP contribution in [0, 0.1) is 6.92 Å². The maximum Gasteiger partial charge on any atom is 0.254 e. The molecule has 7 nitrogen and oxygen atoms in total. The minimum atomic E-state index is -0.0627. The Morgan fingerprint density at radius 1 is 1.03 bits per heavy atom. The lowest BCUT2D eigenvalue weighted by atomic mass is 10.1. The molecule has 0 aliphatic carbocycles. The van der Waals surface area contributed by atoms with Crippen molar-refractivity contribution in [1.82, 2.24) is 19.9 Å². The summed E-state index contributed by atoms with van der Waals surface area (Å²) in [5, 5.41) is 0. The average Bonchev–Trinajstić information content (AvgIpc) is 3.12. The second-order valence-electron chi connectivity index (χ2n) is 7.43. The van der Waals surface area contributed by atoms with Gasteiger partial charge in [-0.1, -0.05) is 6.07 Å². The summed E-state index contributed by atoms with van der Waals surface area (Å²) in [6.07, 6.45) is 5.77. The van der Waals surface area contributed by atoms with Crippen LogP contribution in [0.15, 0.2) is 45.9 Å². The second kappa shape index (κ2) is 17.0. The number of nitrogens with one attached hydrogen (secondary N) is 1. The Kier molecular flexibility index (Phi) is 17.3. The standard InChI is InChI=1S/C22H28N4O2S.3ClH.H2O/c1-16-6-7-17(12-23-16)11-18-13-24-21(25-22(18)27)5-4-10-29-15-20-9-8-19(28-20)14-26(2)3;;;;/h6-9,12-13H,4-5,10-11,14-15H2,1-3H3,(H,24,25,27);3*1H;1H2. The van der Waals surface area contributed by atoms with Gasteiger partial charge in [0.1, 0.15) is 17.3 Å². The van der Waals surface area contributed by atoms with Crippen molar-refractivity contribution >= 4 is 49.0 Å². The molecule has 33 heavy (non-hydrogen) atoms. The summed E-state index contributed by atoms with van der Waals surface area (Å²) in [5.41, 5.74) is 2.58. The third kappa shape index (κ3) is 11.4. The van der Waals surface area contributed by atoms with E-state index in [-0.39, 0.29) is 48.3 Å². The summed E-state index contributed by atoms with van der Waals surface area (Å²) in [6.45, 7) is 2.77. The van der Waals surface area contributed by atoms with Gasteiger partial charge in [0.25, 0.3) is 5.56 Å². The van der Waals surface area contributed by atoms with E-state index in [9.17, 15) is 4.79 Å². The summed E-state index contributed by atoms with van der Waals surface area (Å²) >= 11 is 1.83. The number of H-pyrrole nitrogens is 1. The molecule has 3 heterocycles. The number of hydrogen-bond acceptors (Lipinski definition) is 6. The summed E-state index contributed by atoms with van der Waals surface area (Å²) in [4.78, 5) is 26.0. The van der Waals surface area contributed by atoms with Gasteiger partial charge in [-0.05, 0) is 57.0 Å². The minimum Gasteiger partial charge on any atom is -0.464 e. The molecule has 0 amide bonds. The Labute approximate surface area is 217 Å². The molecule has 0 saturated heterocycles. The molecule has 0 fully saturated rings. The van der Waals surface area contributed by atoms with E-state index in [0.717, 1.165) is 59.5 Å². The van der Waals surface area contributed by atoms with Crippen LogP contribution >= 0.6 is 49.0 Å². The van der Waals surface area contributed by atoms with Gasteiger partial charge in [-0.15, -0.1) is 37.2 Å². The van der Waals surface area contributed by atoms with E-state index in [0.29, 0.717) is 12.0 Å². The number of pyridine rings is 1. The number of thioether (sulfide) groups is 1. The normalized spacial score (nSPS) is 9.94. The number of hydrogen-bond donors (Lipinski definition) is 1. The molecule has 3 aromatic heterocycles. The highest BCUT2D eigenvalue weighted by Crippen LogP contribution is 2.17. The molecule has 0 atom stereocenters. The van der Waals surface area contributed by atoms with Crippen LogP contribution in [0.5, 0.6) is 0 Å². The monoisotopic (exact) mass is 538 g/mol. The van der Waals surface area contributed by atoms with Crippen LogP contribution in [0.3, 0.4) is 0 Å². The molecule has 3 aromatic rings. The summed E-state index contributed by atoms with van der Waals surface area (Å²) < 4.78 is 5.82. The van der Waals surface area contributed by atoms with Crippen molar-refractivity contribution in [3.05, 3.63) is 81.2 Å². The topological polar surface area (TPSA) is 107 Å². The van der Waals surface area contributed by atoms with Crippen molar-refractivity contribution in [2.75, 3.05) is 19.8 Å². The van der Waals surface area contributed by atoms with Gasteiger partial charge in [-0.2, -0.15) is 11.8 Å². The summed E-state index contributed by atoms with van der Waals surface area (Å²) in [5.74, 6) is 4.60. The Hall–Kier alpha value is -1.55. The maximum atomic E-state index is 12.3. The molecular formula is C22H33Cl3N4O3S. The zero-order valence-corrected chi connectivity index (χ0v) is 22.3. The van der Waals surface area contributed by atoms with Crippen LogP contribution < -0.4 is 5.56 Å². The summed E-state index contributed by atoms with van der Waals surface area (Å²) in [6, 6.07) is 8.04. The van der Waals surface area contributed by atoms with Gasteiger partial charge in [-0.3, -0.25) is 9.78 Å². The molecule has 0 bridgehead atoms. The van der Waals surface area contributed by atoms with Crippen molar-refractivity contribution in [2.24, 2.45) is 0 Å². The van der Waals surface area contributed by atoms with Crippen LogP contribution in [-0.2, 0) is 25.1 Å². The van der Waals surface area contributed by atoms with E-state index in [1.165, 1.54) is 0 Å². The first-order valence-corrected chi connectivity index (χ1v) is 10.9. The van der Waals surface area contributed by atoms with Gasteiger partial charge in [-0.25, -0.2) is 4.98 Å². The van der Waals surface area contributed by atoms with Gasteiger partial charge < -0.3 is 19.8 Å². The molecule has 3 N–H and O–H groups in total. The van der Waals surface area contributed by atoms with Crippen molar-refractivity contribution in [2.45, 2.75) is 38.5 Å². The van der Waals surface area contributed by atoms with Crippen LogP contribution in [-0.4, -0.2) is 45.2 Å². The third-order valence-electron chi connectivity index (χ3n) is 4.43. The van der Waals surface area contributed by atoms with E-state index < -0.39 is 0 Å². The fourth-order valence-electron chi connectivity index (χ4n) is 2.94. The molecule has 11 heteroatoms. The van der Waals surface area contributed by atoms with E-state index in [2.05, 4.69) is 19.9 Å². The third-order valence-corrected chi connectivity index (χ3v) is 5.49. The lowest BCUT2D eigenvalue weighted by molar-refractivity contribution is 0.344. The van der Waals surface area contributed by atoms with E-state index in [1.54, 1.807) is 6.20 Å². The highest BCUT2D eigenvalue weighted by molar-refractivity contribution is 7.98. The molecule has 0 aromatic carbocycles. The van der Waals surface area contributed by atoms with Crippen molar-refractivity contribution in [1.29, 1.82) is 0 Å². The highest BCUT2D eigenvalue weighted by atomic mass is 35.5. The number of rotatable bonds is 10. The summed E-state index contributed by atoms with van der Waals surface area (Å²) in [7, 11) is 4.06. The number of furan rings is 1. The molecule has 0 spiro atoms. The van der Waals surface area contributed by atoms with Crippen LogP contribution in [0.25, 0.3) is 0 Å². The zero-order chi connectivity index (χ0) is 20.6. The first-order valence-electron chi connectivity index (χ1n) is 9.78. The van der Waals surface area contributed by atoms with Gasteiger partial charge in [0.2, 0.25) is 0 Å². The number of aryl methyl sites for hydroxylation is 2. The molecular weight excluding hydrogens is 507 g/mol. The van der Waals surface area contributed by atoms with Gasteiger partial charge in [0.15, 0.2) is 0 Å². The molecule has 3 rings (SSSR count). The predicted octanol–water partition coefficient (Wildman–Crippen LogP) is 4.03. The van der Waals surface area contributed by atoms with Crippen LogP contribution in [0.2, 0.25) is 0 Å². The van der Waals surface area contributed by atoms with E-state index in [1.807, 2.05) is 63.2 Å². The van der Waals surface area contributed by atoms with Crippen LogP contribution in [0.1, 0.15) is 40.6 Å². The fraction of sp³-hybridized carbons (Fsp3) is 0.409. The highest BCUT2D eigenvalue weighted by Gasteiger charge is 2.06. The Bertz CT molecular complexity index is 982. The second-order valence-corrected chi connectivity index (χ2v) is 8.54. The molecule has 0 aliphatic heterocycles.